The predicted octanol–water partition coefficient (Wildman–Crippen LogP) is 2.07. The Bertz CT molecular complexity index is 578. The zero-order valence-corrected chi connectivity index (χ0v) is 11.8. The molecule has 0 saturated heterocycles. The van der Waals surface area contributed by atoms with Crippen LogP contribution >= 0.6 is 0 Å². The van der Waals surface area contributed by atoms with E-state index in [1.165, 1.54) is 0 Å². The van der Waals surface area contributed by atoms with E-state index in [-0.39, 0.29) is 6.54 Å². The Labute approximate surface area is 118 Å². The molecule has 0 aliphatic carbocycles. The van der Waals surface area contributed by atoms with Gasteiger partial charge in [0.1, 0.15) is 6.54 Å². The average molecular weight is 273 g/mol. The van der Waals surface area contributed by atoms with E-state index in [1.54, 1.807) is 0 Å². The van der Waals surface area contributed by atoms with Gasteiger partial charge in [-0.15, -0.1) is 0 Å². The van der Waals surface area contributed by atoms with Crippen LogP contribution in [0.4, 0.5) is 5.69 Å². The van der Waals surface area contributed by atoms with Crippen LogP contribution in [0.2, 0.25) is 0 Å². The third kappa shape index (κ3) is 3.38. The van der Waals surface area contributed by atoms with Crippen LogP contribution < -0.4 is 4.90 Å². The van der Waals surface area contributed by atoms with E-state index in [4.69, 9.17) is 5.11 Å². The minimum absolute atomic E-state index is 0.0311. The van der Waals surface area contributed by atoms with Gasteiger partial charge in [-0.25, -0.2) is 0 Å². The van der Waals surface area contributed by atoms with Gasteiger partial charge in [-0.3, -0.25) is 9.48 Å². The molecule has 2 aromatic rings. The molecule has 1 aromatic heterocycles. The van der Waals surface area contributed by atoms with Gasteiger partial charge >= 0.3 is 5.97 Å². The first kappa shape index (κ1) is 14.1. The predicted molar refractivity (Wildman–Crippen MR) is 77.7 cm³/mol. The molecule has 0 saturated carbocycles. The van der Waals surface area contributed by atoms with Crippen LogP contribution in [0.1, 0.15) is 18.3 Å². The fourth-order valence-electron chi connectivity index (χ4n) is 2.13. The minimum Gasteiger partial charge on any atom is -0.480 e. The Kier molecular flexibility index (Phi) is 4.40. The third-order valence-corrected chi connectivity index (χ3v) is 3.19. The number of carboxylic acid groups (broad SMARTS) is 1. The summed E-state index contributed by atoms with van der Waals surface area (Å²) in [4.78, 5) is 12.9. The zero-order valence-electron chi connectivity index (χ0n) is 11.8. The van der Waals surface area contributed by atoms with Gasteiger partial charge in [-0.05, 0) is 24.6 Å². The average Bonchev–Trinajstić information content (AvgIpc) is 2.79. The van der Waals surface area contributed by atoms with Crippen LogP contribution in [0.25, 0.3) is 0 Å². The number of benzene rings is 1. The number of aliphatic carboxylic acids is 1. The normalized spacial score (nSPS) is 10.5. The van der Waals surface area contributed by atoms with Crippen molar-refractivity contribution < 1.29 is 9.90 Å². The number of nitrogens with zero attached hydrogens (tertiary/aromatic N) is 3. The van der Waals surface area contributed by atoms with Crippen molar-refractivity contribution >= 4 is 11.7 Å². The Morgan fingerprint density at radius 1 is 1.35 bits per heavy atom. The van der Waals surface area contributed by atoms with Gasteiger partial charge in [0.05, 0.1) is 17.9 Å². The number of anilines is 1. The Morgan fingerprint density at radius 3 is 2.60 bits per heavy atom. The monoisotopic (exact) mass is 273 g/mol. The van der Waals surface area contributed by atoms with Crippen molar-refractivity contribution in [3.63, 3.8) is 0 Å². The van der Waals surface area contributed by atoms with Crippen molar-refractivity contribution in [1.82, 2.24) is 9.78 Å². The summed E-state index contributed by atoms with van der Waals surface area (Å²) in [5.74, 6) is -0.841. The number of hydrogen-bond acceptors (Lipinski definition) is 3. The first-order valence-electron chi connectivity index (χ1n) is 6.63. The molecule has 5 nitrogen and oxygen atoms in total. The summed E-state index contributed by atoms with van der Waals surface area (Å²) in [6, 6.07) is 11.6. The molecule has 0 amide bonds. The second-order valence-corrected chi connectivity index (χ2v) is 4.69. The van der Waals surface area contributed by atoms with Crippen LogP contribution in [0.5, 0.6) is 0 Å². The smallest absolute Gasteiger partial charge is 0.323 e. The van der Waals surface area contributed by atoms with E-state index in [1.807, 2.05) is 53.0 Å². The number of carboxylic acids is 1. The highest BCUT2D eigenvalue weighted by Gasteiger charge is 2.14. The van der Waals surface area contributed by atoms with E-state index in [0.29, 0.717) is 6.54 Å². The summed E-state index contributed by atoms with van der Waals surface area (Å²) < 4.78 is 1.82. The lowest BCUT2D eigenvalue weighted by molar-refractivity contribution is -0.135. The molecule has 0 radical (unpaired) electrons. The second kappa shape index (κ2) is 6.23. The summed E-state index contributed by atoms with van der Waals surface area (Å²) in [6.45, 7) is 2.55. The molecule has 0 spiro atoms. The number of carbonyl (C=O) groups is 1. The SMILES string of the molecule is CCc1cc(CN(CC(=O)O)c2ccccc2)n(C)n1. The molecule has 2 rings (SSSR count). The highest BCUT2D eigenvalue weighted by Crippen LogP contribution is 2.17. The standard InChI is InChI=1S/C15H19N3O2/c1-3-12-9-14(17(2)16-12)10-18(11-15(19)20)13-7-5-4-6-8-13/h4-9H,3,10-11H2,1-2H3,(H,19,20). The van der Waals surface area contributed by atoms with E-state index in [9.17, 15) is 4.79 Å². The molecular weight excluding hydrogens is 254 g/mol. The Balaban J connectivity index is 2.23. The fourth-order valence-corrected chi connectivity index (χ4v) is 2.13. The maximum atomic E-state index is 11.1. The van der Waals surface area contributed by atoms with Gasteiger partial charge in [-0.2, -0.15) is 5.10 Å². The summed E-state index contributed by atoms with van der Waals surface area (Å²) in [6.07, 6.45) is 0.873. The lowest BCUT2D eigenvalue weighted by Gasteiger charge is -2.22. The number of hydrogen-bond donors (Lipinski definition) is 1. The molecule has 0 atom stereocenters. The molecule has 0 fully saturated rings. The summed E-state index contributed by atoms with van der Waals surface area (Å²) >= 11 is 0. The number of rotatable bonds is 6. The van der Waals surface area contributed by atoms with E-state index in [2.05, 4.69) is 12.0 Å². The molecule has 0 unspecified atom stereocenters. The summed E-state index contributed by atoms with van der Waals surface area (Å²) in [5, 5.41) is 13.5. The Morgan fingerprint density at radius 2 is 2.05 bits per heavy atom. The molecule has 0 bridgehead atoms. The zero-order chi connectivity index (χ0) is 14.5. The lowest BCUT2D eigenvalue weighted by Crippen LogP contribution is -2.29. The van der Waals surface area contributed by atoms with Gasteiger partial charge in [0, 0.05) is 12.7 Å². The summed E-state index contributed by atoms with van der Waals surface area (Å²) in [7, 11) is 1.89. The lowest BCUT2D eigenvalue weighted by atomic mass is 10.2. The van der Waals surface area contributed by atoms with Crippen molar-refractivity contribution in [2.75, 3.05) is 11.4 Å². The molecule has 1 aromatic carbocycles. The van der Waals surface area contributed by atoms with E-state index >= 15 is 0 Å². The number of aromatic nitrogens is 2. The van der Waals surface area contributed by atoms with Crippen molar-refractivity contribution in [3.8, 4) is 0 Å². The molecule has 106 valence electrons. The van der Waals surface area contributed by atoms with Gasteiger partial charge in [0.2, 0.25) is 0 Å². The highest BCUT2D eigenvalue weighted by atomic mass is 16.4. The fraction of sp³-hybridized carbons (Fsp3) is 0.333. The van der Waals surface area contributed by atoms with Crippen LogP contribution in [0.3, 0.4) is 0 Å². The third-order valence-electron chi connectivity index (χ3n) is 3.19. The van der Waals surface area contributed by atoms with Crippen LogP contribution in [0, 0.1) is 0 Å². The van der Waals surface area contributed by atoms with Gasteiger partial charge in [0.25, 0.3) is 0 Å². The molecule has 0 aliphatic rings. The molecular formula is C15H19N3O2. The highest BCUT2D eigenvalue weighted by molar-refractivity contribution is 5.73. The second-order valence-electron chi connectivity index (χ2n) is 4.69. The maximum Gasteiger partial charge on any atom is 0.323 e. The maximum absolute atomic E-state index is 11.1. The largest absolute Gasteiger partial charge is 0.480 e. The van der Waals surface area contributed by atoms with Gasteiger partial charge < -0.3 is 10.0 Å². The molecule has 1 heterocycles. The van der Waals surface area contributed by atoms with Crippen LogP contribution in [0.15, 0.2) is 36.4 Å². The topological polar surface area (TPSA) is 58.4 Å². The van der Waals surface area contributed by atoms with Crippen LogP contribution in [-0.4, -0.2) is 27.4 Å². The molecule has 20 heavy (non-hydrogen) atoms. The van der Waals surface area contributed by atoms with Crippen LogP contribution in [-0.2, 0) is 24.8 Å². The molecule has 5 heteroatoms. The van der Waals surface area contributed by atoms with Gasteiger partial charge in [-0.1, -0.05) is 25.1 Å². The van der Waals surface area contributed by atoms with E-state index in [0.717, 1.165) is 23.5 Å². The quantitative estimate of drug-likeness (QED) is 0.875. The molecule has 1 N–H and O–H groups in total. The number of aryl methyl sites for hydroxylation is 2. The first-order valence-corrected chi connectivity index (χ1v) is 6.63. The van der Waals surface area contributed by atoms with Gasteiger partial charge in [0.15, 0.2) is 0 Å². The minimum atomic E-state index is -0.841. The Hall–Kier alpha value is -2.30. The van der Waals surface area contributed by atoms with Crippen molar-refractivity contribution in [2.24, 2.45) is 7.05 Å². The van der Waals surface area contributed by atoms with Crippen molar-refractivity contribution in [3.05, 3.63) is 47.8 Å². The first-order chi connectivity index (χ1) is 9.60. The van der Waals surface area contributed by atoms with Crippen molar-refractivity contribution in [2.45, 2.75) is 19.9 Å². The van der Waals surface area contributed by atoms with E-state index < -0.39 is 5.97 Å². The van der Waals surface area contributed by atoms with Crippen molar-refractivity contribution in [1.29, 1.82) is 0 Å². The molecule has 0 aliphatic heterocycles. The number of para-hydroxylation sites is 1. The summed E-state index contributed by atoms with van der Waals surface area (Å²) in [5.41, 5.74) is 2.92.